The average molecular weight is 333 g/mol. The van der Waals surface area contributed by atoms with Gasteiger partial charge in [-0.25, -0.2) is 0 Å². The third kappa shape index (κ3) is 3.51. The summed E-state index contributed by atoms with van der Waals surface area (Å²) >= 11 is 6.83. The van der Waals surface area contributed by atoms with Crippen molar-refractivity contribution in [3.05, 3.63) is 28.2 Å². The summed E-state index contributed by atoms with van der Waals surface area (Å²) in [6.45, 7) is 1.93. The summed E-state index contributed by atoms with van der Waals surface area (Å²) in [5.74, 6) is 0.737. The fraction of sp³-hybridized carbons (Fsp3) is 0.364. The van der Waals surface area contributed by atoms with E-state index in [1.165, 1.54) is 0 Å². The van der Waals surface area contributed by atoms with E-state index < -0.39 is 0 Å². The maximum atomic E-state index is 8.77. The minimum atomic E-state index is -0.366. The Kier molecular flexibility index (Phi) is 5.13. The summed E-state index contributed by atoms with van der Waals surface area (Å²) in [6, 6.07) is 7.82. The molecule has 4 heteroatoms. The molecule has 1 rings (SSSR count). The molecule has 1 unspecified atom stereocenters. The van der Waals surface area contributed by atoms with Crippen LogP contribution in [0.15, 0.2) is 22.7 Å². The minimum Gasteiger partial charge on any atom is -0.476 e. The van der Waals surface area contributed by atoms with Crippen LogP contribution in [0.3, 0.4) is 0 Å². The highest BCUT2D eigenvalue weighted by Crippen LogP contribution is 2.25. The molecule has 15 heavy (non-hydrogen) atoms. The lowest BCUT2D eigenvalue weighted by Gasteiger charge is -2.11. The molecule has 1 aromatic rings. The van der Waals surface area contributed by atoms with Gasteiger partial charge in [-0.3, -0.25) is 0 Å². The molecular weight excluding hydrogens is 322 g/mol. The Bertz CT molecular complexity index is 373. The highest BCUT2D eigenvalue weighted by atomic mass is 79.9. The monoisotopic (exact) mass is 331 g/mol. The lowest BCUT2D eigenvalue weighted by Crippen LogP contribution is -2.12. The fourth-order valence-electron chi connectivity index (χ4n) is 1.09. The second-order valence-corrected chi connectivity index (χ2v) is 4.45. The van der Waals surface area contributed by atoms with E-state index in [4.69, 9.17) is 10.00 Å². The van der Waals surface area contributed by atoms with E-state index in [2.05, 4.69) is 37.9 Å². The maximum Gasteiger partial charge on any atom is 0.184 e. The summed E-state index contributed by atoms with van der Waals surface area (Å²) in [4.78, 5) is 0. The van der Waals surface area contributed by atoms with Gasteiger partial charge >= 0.3 is 0 Å². The van der Waals surface area contributed by atoms with Gasteiger partial charge in [-0.15, -0.1) is 0 Å². The van der Waals surface area contributed by atoms with E-state index in [0.29, 0.717) is 6.42 Å². The molecule has 2 nitrogen and oxygen atoms in total. The topological polar surface area (TPSA) is 33.0 Å². The maximum absolute atomic E-state index is 8.77. The Morgan fingerprint density at radius 3 is 2.80 bits per heavy atom. The first-order valence-corrected chi connectivity index (χ1v) is 6.53. The molecule has 0 spiro atoms. The lowest BCUT2D eigenvalue weighted by molar-refractivity contribution is 0.251. The number of alkyl halides is 1. The number of nitriles is 1. The van der Waals surface area contributed by atoms with E-state index in [1.807, 2.05) is 25.1 Å². The Morgan fingerprint density at radius 1 is 1.53 bits per heavy atom. The largest absolute Gasteiger partial charge is 0.476 e. The van der Waals surface area contributed by atoms with Crippen LogP contribution in [0.25, 0.3) is 0 Å². The summed E-state index contributed by atoms with van der Waals surface area (Å²) in [5, 5.41) is 9.53. The SMILES string of the molecule is CCC(C#N)Oc1ccc(Br)c(CBr)c1. The second-order valence-electron chi connectivity index (χ2n) is 3.03. The van der Waals surface area contributed by atoms with Gasteiger partial charge in [0.1, 0.15) is 11.8 Å². The van der Waals surface area contributed by atoms with Gasteiger partial charge in [-0.2, -0.15) is 5.26 Å². The molecule has 0 aliphatic carbocycles. The smallest absolute Gasteiger partial charge is 0.184 e. The first-order valence-electron chi connectivity index (χ1n) is 4.62. The second kappa shape index (κ2) is 6.14. The van der Waals surface area contributed by atoms with Crippen molar-refractivity contribution in [1.29, 1.82) is 5.26 Å². The van der Waals surface area contributed by atoms with Crippen molar-refractivity contribution in [2.75, 3.05) is 0 Å². The van der Waals surface area contributed by atoms with Crippen LogP contribution in [0.4, 0.5) is 0 Å². The Hall–Kier alpha value is -0.530. The van der Waals surface area contributed by atoms with E-state index in [0.717, 1.165) is 21.1 Å². The van der Waals surface area contributed by atoms with Crippen molar-refractivity contribution in [1.82, 2.24) is 0 Å². The van der Waals surface area contributed by atoms with Crippen molar-refractivity contribution in [2.24, 2.45) is 0 Å². The summed E-state index contributed by atoms with van der Waals surface area (Å²) in [6.07, 6.45) is 0.324. The van der Waals surface area contributed by atoms with Crippen LogP contribution in [0.1, 0.15) is 18.9 Å². The highest BCUT2D eigenvalue weighted by Gasteiger charge is 2.07. The van der Waals surface area contributed by atoms with Crippen LogP contribution in [0.5, 0.6) is 5.75 Å². The Morgan fingerprint density at radius 2 is 2.27 bits per heavy atom. The quantitative estimate of drug-likeness (QED) is 0.780. The van der Waals surface area contributed by atoms with Crippen LogP contribution in [-0.2, 0) is 5.33 Å². The number of benzene rings is 1. The van der Waals surface area contributed by atoms with Gasteiger partial charge in [0, 0.05) is 9.80 Å². The third-order valence-corrected chi connectivity index (χ3v) is 3.33. The van der Waals surface area contributed by atoms with Crippen LogP contribution in [-0.4, -0.2) is 6.10 Å². The number of ether oxygens (including phenoxy) is 1. The molecule has 1 atom stereocenters. The number of hydrogen-bond acceptors (Lipinski definition) is 2. The fourth-order valence-corrected chi connectivity index (χ4v) is 2.32. The zero-order chi connectivity index (χ0) is 11.3. The molecule has 0 aliphatic rings. The van der Waals surface area contributed by atoms with Gasteiger partial charge in [0.2, 0.25) is 0 Å². The molecule has 80 valence electrons. The molecule has 0 bridgehead atoms. The van der Waals surface area contributed by atoms with Gasteiger partial charge < -0.3 is 4.74 Å². The van der Waals surface area contributed by atoms with Gasteiger partial charge in [0.15, 0.2) is 6.10 Å². The third-order valence-electron chi connectivity index (χ3n) is 1.95. The molecule has 0 heterocycles. The normalized spacial score (nSPS) is 11.9. The molecule has 0 saturated heterocycles. The molecule has 0 saturated carbocycles. The van der Waals surface area contributed by atoms with Crippen LogP contribution in [0, 0.1) is 11.3 Å². The summed E-state index contributed by atoms with van der Waals surface area (Å²) < 4.78 is 6.55. The van der Waals surface area contributed by atoms with Crippen LogP contribution in [0.2, 0.25) is 0 Å². The molecule has 0 N–H and O–H groups in total. The van der Waals surface area contributed by atoms with E-state index in [-0.39, 0.29) is 6.10 Å². The first-order chi connectivity index (χ1) is 7.21. The van der Waals surface area contributed by atoms with E-state index >= 15 is 0 Å². The highest BCUT2D eigenvalue weighted by molar-refractivity contribution is 9.10. The van der Waals surface area contributed by atoms with Crippen molar-refractivity contribution in [3.8, 4) is 11.8 Å². The standard InChI is InChI=1S/C11H11Br2NO/c1-2-9(7-14)15-10-3-4-11(13)8(5-10)6-12/h3-5,9H,2,6H2,1H3. The zero-order valence-corrected chi connectivity index (χ0v) is 11.5. The number of halogens is 2. The molecule has 0 aliphatic heterocycles. The lowest BCUT2D eigenvalue weighted by atomic mass is 10.2. The van der Waals surface area contributed by atoms with Gasteiger partial charge in [0.25, 0.3) is 0 Å². The minimum absolute atomic E-state index is 0.366. The molecule has 0 fully saturated rings. The van der Waals surface area contributed by atoms with Crippen molar-refractivity contribution in [2.45, 2.75) is 24.8 Å². The van der Waals surface area contributed by atoms with Crippen molar-refractivity contribution < 1.29 is 4.74 Å². The number of nitrogens with zero attached hydrogens (tertiary/aromatic N) is 1. The molecule has 0 amide bonds. The zero-order valence-electron chi connectivity index (χ0n) is 8.34. The predicted molar refractivity (Wildman–Crippen MR) is 67.1 cm³/mol. The van der Waals surface area contributed by atoms with Gasteiger partial charge in [0.05, 0.1) is 0 Å². The Labute approximate surface area is 106 Å². The summed E-state index contributed by atoms with van der Waals surface area (Å²) in [5.41, 5.74) is 1.11. The Balaban J connectivity index is 2.83. The number of hydrogen-bond donors (Lipinski definition) is 0. The van der Waals surface area contributed by atoms with Crippen molar-refractivity contribution >= 4 is 31.9 Å². The van der Waals surface area contributed by atoms with Gasteiger partial charge in [-0.1, -0.05) is 38.8 Å². The predicted octanol–water partition coefficient (Wildman–Crippen LogP) is 4.02. The van der Waals surface area contributed by atoms with Crippen LogP contribution < -0.4 is 4.74 Å². The summed E-state index contributed by atoms with van der Waals surface area (Å²) in [7, 11) is 0. The first kappa shape index (κ1) is 12.5. The average Bonchev–Trinajstić information content (AvgIpc) is 2.28. The van der Waals surface area contributed by atoms with E-state index in [1.54, 1.807) is 0 Å². The van der Waals surface area contributed by atoms with Crippen LogP contribution >= 0.6 is 31.9 Å². The molecule has 1 aromatic carbocycles. The molecule has 0 radical (unpaired) electrons. The molecular formula is C11H11Br2NO. The van der Waals surface area contributed by atoms with Crippen molar-refractivity contribution in [3.63, 3.8) is 0 Å². The van der Waals surface area contributed by atoms with E-state index in [9.17, 15) is 0 Å². The number of rotatable bonds is 4. The van der Waals surface area contributed by atoms with Gasteiger partial charge in [-0.05, 0) is 30.2 Å². The molecule has 0 aromatic heterocycles.